The Hall–Kier alpha value is -4.29. The number of primary amides is 1. The maximum absolute atomic E-state index is 11.6. The van der Waals surface area contributed by atoms with Crippen LogP contribution in [0, 0.1) is 11.3 Å². The number of aryl methyl sites for hydroxylation is 1. The van der Waals surface area contributed by atoms with Crippen molar-refractivity contribution in [3.05, 3.63) is 65.1 Å². The highest BCUT2D eigenvalue weighted by molar-refractivity contribution is 5.97. The van der Waals surface area contributed by atoms with Gasteiger partial charge in [-0.05, 0) is 56.8 Å². The second-order valence-electron chi connectivity index (χ2n) is 13.3. The van der Waals surface area contributed by atoms with Crippen molar-refractivity contribution in [2.24, 2.45) is 17.1 Å². The molecule has 4 heterocycles. The molecule has 12 heteroatoms. The van der Waals surface area contributed by atoms with E-state index in [1.54, 1.807) is 10.9 Å². The number of carbonyl (C=O) groups is 1. The molecular weight excluding hydrogens is 582 g/mol. The molecule has 2 aliphatic heterocycles. The predicted molar refractivity (Wildman–Crippen MR) is 176 cm³/mol. The van der Waals surface area contributed by atoms with Gasteiger partial charge in [-0.25, -0.2) is 4.68 Å². The zero-order valence-electron chi connectivity index (χ0n) is 26.9. The van der Waals surface area contributed by atoms with Crippen molar-refractivity contribution in [2.75, 3.05) is 63.8 Å². The van der Waals surface area contributed by atoms with E-state index in [9.17, 15) is 4.79 Å². The minimum absolute atomic E-state index is 0.0724. The van der Waals surface area contributed by atoms with E-state index in [4.69, 9.17) is 25.2 Å². The fourth-order valence-electron chi connectivity index (χ4n) is 7.05. The molecule has 0 radical (unpaired) electrons. The molecule has 4 aromatic rings. The van der Waals surface area contributed by atoms with Gasteiger partial charge in [-0.1, -0.05) is 42.5 Å². The lowest BCUT2D eigenvalue weighted by molar-refractivity contribution is 0.0995. The summed E-state index contributed by atoms with van der Waals surface area (Å²) in [7, 11) is 4.22. The lowest BCUT2D eigenvalue weighted by Gasteiger charge is -2.32. The van der Waals surface area contributed by atoms with E-state index in [0.717, 1.165) is 55.8 Å². The van der Waals surface area contributed by atoms with Gasteiger partial charge in [0, 0.05) is 47.6 Å². The largest absolute Gasteiger partial charge is 0.463 e. The minimum atomic E-state index is -0.595. The Labute approximate surface area is 269 Å². The van der Waals surface area contributed by atoms with Crippen molar-refractivity contribution < 1.29 is 14.3 Å². The van der Waals surface area contributed by atoms with Gasteiger partial charge in [-0.2, -0.15) is 9.97 Å². The highest BCUT2D eigenvalue weighted by Gasteiger charge is 2.44. The van der Waals surface area contributed by atoms with Crippen molar-refractivity contribution >= 4 is 28.2 Å². The minimum Gasteiger partial charge on any atom is -0.463 e. The molecule has 242 valence electrons. The third-order valence-corrected chi connectivity index (χ3v) is 9.65. The van der Waals surface area contributed by atoms with E-state index < -0.39 is 5.91 Å². The summed E-state index contributed by atoms with van der Waals surface area (Å²) < 4.78 is 13.9. The third kappa shape index (κ3) is 6.11. The smallest absolute Gasteiger partial charge is 0.318 e. The Morgan fingerprint density at radius 3 is 2.74 bits per heavy atom. The molecule has 3 N–H and O–H groups in total. The number of aromatic nitrogens is 5. The van der Waals surface area contributed by atoms with Crippen LogP contribution >= 0.6 is 0 Å². The molecular formula is C34H43N9O3. The van der Waals surface area contributed by atoms with Crippen molar-refractivity contribution in [3.63, 3.8) is 0 Å². The van der Waals surface area contributed by atoms with Crippen LogP contribution in [0.1, 0.15) is 53.1 Å². The molecule has 1 saturated carbocycles. The maximum atomic E-state index is 11.6. The summed E-state index contributed by atoms with van der Waals surface area (Å²) in [5.41, 5.74) is 10.4. The molecule has 3 aliphatic rings. The normalized spacial score (nSPS) is 20.2. The van der Waals surface area contributed by atoms with Crippen molar-refractivity contribution in [1.82, 2.24) is 29.9 Å². The summed E-state index contributed by atoms with van der Waals surface area (Å²) in [6, 6.07) is 13.5. The first-order valence-corrected chi connectivity index (χ1v) is 16.3. The number of carbonyl (C=O) groups excluding carboxylic acids is 1. The molecule has 0 bridgehead atoms. The first kappa shape index (κ1) is 30.4. The first-order valence-electron chi connectivity index (χ1n) is 16.3. The van der Waals surface area contributed by atoms with Gasteiger partial charge < -0.3 is 30.3 Å². The number of nitrogens with two attached hydrogens (primary N) is 1. The molecule has 1 aliphatic carbocycles. The van der Waals surface area contributed by atoms with Gasteiger partial charge in [0.05, 0.1) is 44.3 Å². The number of fused-ring (bicyclic) bond motifs is 2. The summed E-state index contributed by atoms with van der Waals surface area (Å²) in [6.07, 6.45) is 5.69. The van der Waals surface area contributed by atoms with E-state index in [-0.39, 0.29) is 23.1 Å². The van der Waals surface area contributed by atoms with E-state index in [1.165, 1.54) is 22.0 Å². The number of nitrogens with one attached hydrogen (secondary N) is 1. The summed E-state index contributed by atoms with van der Waals surface area (Å²) in [5, 5.41) is 14.3. The average Bonchev–Trinajstić information content (AvgIpc) is 3.40. The van der Waals surface area contributed by atoms with Crippen LogP contribution in [0.4, 0.5) is 11.5 Å². The van der Waals surface area contributed by atoms with Gasteiger partial charge in [-0.3, -0.25) is 4.79 Å². The number of amides is 1. The fraction of sp³-hybridized carbons (Fsp3) is 0.500. The van der Waals surface area contributed by atoms with Gasteiger partial charge in [0.15, 0.2) is 5.69 Å². The monoisotopic (exact) mass is 625 g/mol. The van der Waals surface area contributed by atoms with Crippen LogP contribution in [0.25, 0.3) is 10.8 Å². The van der Waals surface area contributed by atoms with Crippen LogP contribution in [0.2, 0.25) is 0 Å². The Kier molecular flexibility index (Phi) is 8.24. The van der Waals surface area contributed by atoms with E-state index in [2.05, 4.69) is 82.8 Å². The molecule has 1 saturated heterocycles. The quantitative estimate of drug-likeness (QED) is 0.241. The molecule has 2 aromatic carbocycles. The standard InChI is InChI=1S/C34H43N9O3/c1-4-22-7-5-8-23-9-6-10-28(30(22)23)42-14-11-25-26(16-42)37-33(46-21-34(12-13-34)20-41(2)3)38-32(25)36-15-24-18-45-19-29(24)43-17-27(31(35)44)39-40-43/h5-10,17,24,29H,4,11-16,18-21H2,1-3H3,(H2,35,44)(H,36,37,38). The lowest BCUT2D eigenvalue weighted by Crippen LogP contribution is -2.33. The SMILES string of the molecule is CCc1cccc2cccc(N3CCc4c(nc(OCC5(CN(C)C)CC5)nc4NCC4COCC4n4cc(C(N)=O)nn4)C3)c12. The zero-order chi connectivity index (χ0) is 31.8. The highest BCUT2D eigenvalue weighted by atomic mass is 16.5. The molecule has 2 aromatic heterocycles. The predicted octanol–water partition coefficient (Wildman–Crippen LogP) is 3.47. The lowest BCUT2D eigenvalue weighted by atomic mass is 9.98. The second-order valence-corrected chi connectivity index (χ2v) is 13.3. The Morgan fingerprint density at radius 2 is 2.00 bits per heavy atom. The first-order chi connectivity index (χ1) is 22.3. The molecule has 1 amide bonds. The topological polar surface area (TPSA) is 137 Å². The number of hydrogen-bond donors (Lipinski definition) is 2. The number of nitrogens with zero attached hydrogens (tertiary/aromatic N) is 7. The second kappa shape index (κ2) is 12.5. The van der Waals surface area contributed by atoms with E-state index in [0.29, 0.717) is 38.9 Å². The number of ether oxygens (including phenoxy) is 2. The van der Waals surface area contributed by atoms with Crippen molar-refractivity contribution in [1.29, 1.82) is 0 Å². The molecule has 46 heavy (non-hydrogen) atoms. The Morgan fingerprint density at radius 1 is 1.17 bits per heavy atom. The van der Waals surface area contributed by atoms with Gasteiger partial charge in [0.2, 0.25) is 0 Å². The molecule has 12 nitrogen and oxygen atoms in total. The van der Waals surface area contributed by atoms with Crippen LogP contribution in [0.15, 0.2) is 42.6 Å². The van der Waals surface area contributed by atoms with Crippen LogP contribution in [-0.4, -0.2) is 89.3 Å². The average molecular weight is 626 g/mol. The molecule has 2 atom stereocenters. The molecule has 2 unspecified atom stereocenters. The van der Waals surface area contributed by atoms with Crippen LogP contribution < -0.4 is 20.7 Å². The summed E-state index contributed by atoms with van der Waals surface area (Å²) in [6.45, 7) is 6.99. The highest BCUT2D eigenvalue weighted by Crippen LogP contribution is 2.46. The fourth-order valence-corrected chi connectivity index (χ4v) is 7.05. The number of hydrogen-bond acceptors (Lipinski definition) is 10. The van der Waals surface area contributed by atoms with Crippen LogP contribution in [-0.2, 0) is 24.1 Å². The third-order valence-electron chi connectivity index (χ3n) is 9.65. The maximum Gasteiger partial charge on any atom is 0.318 e. The van der Waals surface area contributed by atoms with Crippen molar-refractivity contribution in [2.45, 2.75) is 45.2 Å². The Balaban J connectivity index is 1.16. The van der Waals surface area contributed by atoms with Crippen LogP contribution in [0.5, 0.6) is 6.01 Å². The summed E-state index contributed by atoms with van der Waals surface area (Å²) >= 11 is 0. The van der Waals surface area contributed by atoms with Crippen molar-refractivity contribution in [3.8, 4) is 6.01 Å². The molecule has 0 spiro atoms. The summed E-state index contributed by atoms with van der Waals surface area (Å²) in [5.74, 6) is 0.309. The van der Waals surface area contributed by atoms with E-state index >= 15 is 0 Å². The number of rotatable bonds is 12. The van der Waals surface area contributed by atoms with E-state index in [1.807, 2.05) is 0 Å². The molecule has 7 rings (SSSR count). The zero-order valence-corrected chi connectivity index (χ0v) is 26.9. The number of benzene rings is 2. The van der Waals surface area contributed by atoms with Gasteiger partial charge in [0.25, 0.3) is 5.91 Å². The van der Waals surface area contributed by atoms with Gasteiger partial charge in [-0.15, -0.1) is 5.10 Å². The van der Waals surface area contributed by atoms with Crippen LogP contribution in [0.3, 0.4) is 0 Å². The summed E-state index contributed by atoms with van der Waals surface area (Å²) in [4.78, 5) is 26.2. The van der Waals surface area contributed by atoms with Gasteiger partial charge in [0.1, 0.15) is 5.82 Å². The number of anilines is 2. The van der Waals surface area contributed by atoms with Gasteiger partial charge >= 0.3 is 6.01 Å². The Bertz CT molecular complexity index is 1730. The molecule has 2 fully saturated rings.